The number of nitrogens with zero attached hydrogens (tertiary/aromatic N) is 1. The smallest absolute Gasteiger partial charge is 0.407 e. The van der Waals surface area contributed by atoms with Gasteiger partial charge in [0.15, 0.2) is 0 Å². The van der Waals surface area contributed by atoms with Crippen LogP contribution >= 0.6 is 11.6 Å². The van der Waals surface area contributed by atoms with Crippen LogP contribution in [-0.2, 0) is 4.74 Å². The average molecular weight is 340 g/mol. The highest BCUT2D eigenvalue weighted by molar-refractivity contribution is 6.31. The summed E-state index contributed by atoms with van der Waals surface area (Å²) in [6.07, 6.45) is 1.68. The minimum atomic E-state index is -0.459. The molecular formula is C17H26ClN3O2. The number of amides is 1. The number of alkyl carbamates (subject to hydrolysis) is 1. The Balaban J connectivity index is 1.79. The zero-order valence-electron chi connectivity index (χ0n) is 14.1. The largest absolute Gasteiger partial charge is 0.444 e. The Labute approximate surface area is 143 Å². The molecule has 1 fully saturated rings. The number of nitrogen functional groups attached to an aromatic ring is 1. The normalized spacial score (nSPS) is 16.3. The fraction of sp³-hybridized carbons (Fsp3) is 0.588. The Morgan fingerprint density at radius 2 is 2.04 bits per heavy atom. The lowest BCUT2D eigenvalue weighted by atomic mass is 9.96. The predicted octanol–water partition coefficient (Wildman–Crippen LogP) is 3.66. The van der Waals surface area contributed by atoms with Crippen molar-refractivity contribution in [2.75, 3.05) is 30.3 Å². The van der Waals surface area contributed by atoms with E-state index >= 15 is 0 Å². The van der Waals surface area contributed by atoms with E-state index in [1.807, 2.05) is 32.9 Å². The summed E-state index contributed by atoms with van der Waals surface area (Å²) < 4.78 is 5.26. The number of hydrogen-bond donors (Lipinski definition) is 2. The summed E-state index contributed by atoms with van der Waals surface area (Å²) >= 11 is 5.95. The van der Waals surface area contributed by atoms with Crippen LogP contribution in [0, 0.1) is 5.92 Å². The molecule has 0 aliphatic carbocycles. The Morgan fingerprint density at radius 1 is 1.39 bits per heavy atom. The number of carbonyl (C=O) groups is 1. The molecule has 0 radical (unpaired) electrons. The molecule has 6 heteroatoms. The maximum absolute atomic E-state index is 11.7. The third-order valence-electron chi connectivity index (χ3n) is 3.88. The minimum absolute atomic E-state index is 0.345. The molecule has 1 saturated heterocycles. The highest BCUT2D eigenvalue weighted by Gasteiger charge is 2.22. The van der Waals surface area contributed by atoms with Gasteiger partial charge < -0.3 is 20.7 Å². The van der Waals surface area contributed by atoms with Crippen LogP contribution in [0.1, 0.15) is 33.6 Å². The van der Waals surface area contributed by atoms with Crippen LogP contribution in [0.25, 0.3) is 0 Å². The molecule has 3 N–H and O–H groups in total. The Hall–Kier alpha value is -1.62. The van der Waals surface area contributed by atoms with Crippen molar-refractivity contribution in [3.63, 3.8) is 0 Å². The van der Waals surface area contributed by atoms with Crippen molar-refractivity contribution >= 4 is 29.1 Å². The number of piperidine rings is 1. The Kier molecular flexibility index (Phi) is 5.63. The molecule has 1 heterocycles. The molecule has 2 rings (SSSR count). The second-order valence-corrected chi connectivity index (χ2v) is 7.45. The number of benzene rings is 1. The summed E-state index contributed by atoms with van der Waals surface area (Å²) in [7, 11) is 0. The molecule has 0 spiro atoms. The van der Waals surface area contributed by atoms with Gasteiger partial charge in [-0.05, 0) is 57.7 Å². The van der Waals surface area contributed by atoms with Crippen LogP contribution in [-0.4, -0.2) is 31.3 Å². The zero-order chi connectivity index (χ0) is 17.0. The second-order valence-electron chi connectivity index (χ2n) is 7.02. The van der Waals surface area contributed by atoms with Gasteiger partial charge in [0.05, 0.1) is 11.4 Å². The minimum Gasteiger partial charge on any atom is -0.444 e. The Morgan fingerprint density at radius 3 is 2.61 bits per heavy atom. The predicted molar refractivity (Wildman–Crippen MR) is 95.0 cm³/mol. The first-order chi connectivity index (χ1) is 10.7. The maximum atomic E-state index is 11.7. The fourth-order valence-corrected chi connectivity index (χ4v) is 2.91. The van der Waals surface area contributed by atoms with Crippen LogP contribution in [0.3, 0.4) is 0 Å². The first kappa shape index (κ1) is 17.7. The molecule has 128 valence electrons. The van der Waals surface area contributed by atoms with E-state index in [9.17, 15) is 4.79 Å². The number of anilines is 2. The molecule has 5 nitrogen and oxygen atoms in total. The van der Waals surface area contributed by atoms with Gasteiger partial charge in [0.2, 0.25) is 0 Å². The second kappa shape index (κ2) is 7.30. The van der Waals surface area contributed by atoms with E-state index in [-0.39, 0.29) is 6.09 Å². The molecule has 0 aromatic heterocycles. The summed E-state index contributed by atoms with van der Waals surface area (Å²) in [4.78, 5) is 14.0. The van der Waals surface area contributed by atoms with E-state index in [4.69, 9.17) is 22.1 Å². The number of ether oxygens (including phenoxy) is 1. The summed E-state index contributed by atoms with van der Waals surface area (Å²) in [5.41, 5.74) is 7.33. The number of nitrogens with one attached hydrogen (secondary N) is 1. The molecule has 1 aromatic carbocycles. The van der Waals surface area contributed by atoms with Gasteiger partial charge in [-0.3, -0.25) is 0 Å². The SMILES string of the molecule is CC(C)(C)OC(=O)NCC1CCN(c2ccc(Cl)cc2N)CC1. The van der Waals surface area contributed by atoms with E-state index in [0.717, 1.165) is 31.6 Å². The third-order valence-corrected chi connectivity index (χ3v) is 4.11. The van der Waals surface area contributed by atoms with Crippen molar-refractivity contribution in [2.24, 2.45) is 5.92 Å². The van der Waals surface area contributed by atoms with Gasteiger partial charge >= 0.3 is 6.09 Å². The van der Waals surface area contributed by atoms with Crippen LogP contribution < -0.4 is 16.0 Å². The van der Waals surface area contributed by atoms with E-state index < -0.39 is 5.60 Å². The highest BCUT2D eigenvalue weighted by Crippen LogP contribution is 2.30. The van der Waals surface area contributed by atoms with Crippen molar-refractivity contribution in [3.8, 4) is 0 Å². The van der Waals surface area contributed by atoms with Crippen LogP contribution in [0.4, 0.5) is 16.2 Å². The van der Waals surface area contributed by atoms with Crippen molar-refractivity contribution in [3.05, 3.63) is 23.2 Å². The fourth-order valence-electron chi connectivity index (χ4n) is 2.73. The van der Waals surface area contributed by atoms with Crippen LogP contribution in [0.15, 0.2) is 18.2 Å². The molecule has 0 bridgehead atoms. The average Bonchev–Trinajstić information content (AvgIpc) is 2.44. The quantitative estimate of drug-likeness (QED) is 0.825. The lowest BCUT2D eigenvalue weighted by molar-refractivity contribution is 0.0517. The standard InChI is InChI=1S/C17H26ClN3O2/c1-17(2,3)23-16(22)20-11-12-6-8-21(9-7-12)15-5-4-13(18)10-14(15)19/h4-5,10,12H,6-9,11,19H2,1-3H3,(H,20,22). The summed E-state index contributed by atoms with van der Waals surface area (Å²) in [5, 5.41) is 3.52. The molecular weight excluding hydrogens is 314 g/mol. The maximum Gasteiger partial charge on any atom is 0.407 e. The summed E-state index contributed by atoms with van der Waals surface area (Å²) in [6.45, 7) is 8.09. The van der Waals surface area contributed by atoms with Gasteiger partial charge in [-0.2, -0.15) is 0 Å². The highest BCUT2D eigenvalue weighted by atomic mass is 35.5. The molecule has 0 saturated carbocycles. The van der Waals surface area contributed by atoms with E-state index in [0.29, 0.717) is 23.2 Å². The van der Waals surface area contributed by atoms with E-state index in [1.165, 1.54) is 0 Å². The molecule has 1 aliphatic rings. The molecule has 1 aromatic rings. The van der Waals surface area contributed by atoms with Gasteiger partial charge in [0.1, 0.15) is 5.60 Å². The van der Waals surface area contributed by atoms with Gasteiger partial charge in [0.25, 0.3) is 0 Å². The van der Waals surface area contributed by atoms with E-state index in [1.54, 1.807) is 6.07 Å². The first-order valence-electron chi connectivity index (χ1n) is 8.01. The van der Waals surface area contributed by atoms with Gasteiger partial charge in [-0.1, -0.05) is 11.6 Å². The monoisotopic (exact) mass is 339 g/mol. The Bertz CT molecular complexity index is 549. The number of carbonyl (C=O) groups excluding carboxylic acids is 1. The molecule has 1 aliphatic heterocycles. The number of hydrogen-bond acceptors (Lipinski definition) is 4. The van der Waals surface area contributed by atoms with Crippen molar-refractivity contribution < 1.29 is 9.53 Å². The summed E-state index contributed by atoms with van der Waals surface area (Å²) in [6, 6.07) is 5.62. The molecule has 0 atom stereocenters. The van der Waals surface area contributed by atoms with Gasteiger partial charge in [0, 0.05) is 24.7 Å². The third kappa shape index (κ3) is 5.50. The number of nitrogens with two attached hydrogens (primary N) is 1. The zero-order valence-corrected chi connectivity index (χ0v) is 14.8. The molecule has 1 amide bonds. The topological polar surface area (TPSA) is 67.6 Å². The van der Waals surface area contributed by atoms with Crippen LogP contribution in [0.2, 0.25) is 5.02 Å². The van der Waals surface area contributed by atoms with Crippen molar-refractivity contribution in [1.82, 2.24) is 5.32 Å². The first-order valence-corrected chi connectivity index (χ1v) is 8.39. The molecule has 0 unspecified atom stereocenters. The van der Waals surface area contributed by atoms with Crippen LogP contribution in [0.5, 0.6) is 0 Å². The molecule has 23 heavy (non-hydrogen) atoms. The van der Waals surface area contributed by atoms with E-state index in [2.05, 4.69) is 10.2 Å². The number of rotatable bonds is 3. The van der Waals surface area contributed by atoms with Crippen molar-refractivity contribution in [2.45, 2.75) is 39.2 Å². The lowest BCUT2D eigenvalue weighted by Gasteiger charge is -2.34. The van der Waals surface area contributed by atoms with Crippen molar-refractivity contribution in [1.29, 1.82) is 0 Å². The number of halogens is 1. The van der Waals surface area contributed by atoms with Gasteiger partial charge in [-0.25, -0.2) is 4.79 Å². The summed E-state index contributed by atoms with van der Waals surface area (Å²) in [5.74, 6) is 0.465. The lowest BCUT2D eigenvalue weighted by Crippen LogP contribution is -2.40. The van der Waals surface area contributed by atoms with Gasteiger partial charge in [-0.15, -0.1) is 0 Å².